The first kappa shape index (κ1) is 18.3. The molecule has 0 saturated carbocycles. The van der Waals surface area contributed by atoms with Gasteiger partial charge in [-0.2, -0.15) is 0 Å². The summed E-state index contributed by atoms with van der Waals surface area (Å²) in [4.78, 5) is 37.9. The number of halogens is 1. The van der Waals surface area contributed by atoms with Crippen LogP contribution in [-0.4, -0.2) is 42.4 Å². The van der Waals surface area contributed by atoms with Crippen LogP contribution in [0.5, 0.6) is 0 Å². The van der Waals surface area contributed by atoms with Gasteiger partial charge in [0, 0.05) is 13.0 Å². The summed E-state index contributed by atoms with van der Waals surface area (Å²) in [6.07, 6.45) is 1.23. The van der Waals surface area contributed by atoms with Gasteiger partial charge in [-0.05, 0) is 30.5 Å². The van der Waals surface area contributed by atoms with Gasteiger partial charge in [-0.1, -0.05) is 25.4 Å². The van der Waals surface area contributed by atoms with Gasteiger partial charge < -0.3 is 15.0 Å². The Morgan fingerprint density at radius 1 is 1.33 bits per heavy atom. The number of likely N-dealkylation sites (tertiary alicyclic amines) is 1. The van der Waals surface area contributed by atoms with Crippen LogP contribution in [0.1, 0.15) is 37.0 Å². The summed E-state index contributed by atoms with van der Waals surface area (Å²) >= 11 is 6.11. The highest BCUT2D eigenvalue weighted by atomic mass is 35.5. The zero-order valence-electron chi connectivity index (χ0n) is 14.0. The predicted octanol–water partition coefficient (Wildman–Crippen LogP) is 2.71. The van der Waals surface area contributed by atoms with E-state index in [9.17, 15) is 14.4 Å². The zero-order valence-corrected chi connectivity index (χ0v) is 14.7. The van der Waals surface area contributed by atoms with Crippen LogP contribution in [0.4, 0.5) is 5.69 Å². The summed E-state index contributed by atoms with van der Waals surface area (Å²) in [5.41, 5.74) is 0.609. The summed E-state index contributed by atoms with van der Waals surface area (Å²) in [7, 11) is 1.28. The van der Waals surface area contributed by atoms with E-state index in [2.05, 4.69) is 10.1 Å². The minimum Gasteiger partial charge on any atom is -0.465 e. The van der Waals surface area contributed by atoms with E-state index >= 15 is 0 Å². The molecule has 24 heavy (non-hydrogen) atoms. The number of nitrogens with one attached hydrogen (secondary N) is 1. The molecule has 1 aromatic carbocycles. The molecular weight excluding hydrogens is 332 g/mol. The number of carbonyl (C=O) groups excluding carboxylic acids is 3. The molecule has 1 atom stereocenters. The molecule has 1 aromatic rings. The first-order valence-corrected chi connectivity index (χ1v) is 8.21. The predicted molar refractivity (Wildman–Crippen MR) is 91.0 cm³/mol. The standard InChI is InChI=1S/C17H21ClN2O4/c1-10(2)15(20-8-4-5-14(20)21)16(22)19-13-9-11(17(23)24-3)6-7-12(13)18/h6-7,9-10,15H,4-5,8H2,1-3H3,(H,19,22). The van der Waals surface area contributed by atoms with Crippen LogP contribution in [0, 0.1) is 5.92 Å². The number of amides is 2. The topological polar surface area (TPSA) is 75.7 Å². The summed E-state index contributed by atoms with van der Waals surface area (Å²) in [6.45, 7) is 4.36. The number of anilines is 1. The maximum absolute atomic E-state index is 12.7. The second kappa shape index (κ2) is 7.66. The van der Waals surface area contributed by atoms with Crippen molar-refractivity contribution in [2.75, 3.05) is 19.0 Å². The van der Waals surface area contributed by atoms with E-state index < -0.39 is 12.0 Å². The highest BCUT2D eigenvalue weighted by Gasteiger charge is 2.35. The maximum Gasteiger partial charge on any atom is 0.337 e. The van der Waals surface area contributed by atoms with E-state index in [-0.39, 0.29) is 23.3 Å². The molecule has 0 radical (unpaired) electrons. The normalized spacial score (nSPS) is 15.5. The van der Waals surface area contributed by atoms with Gasteiger partial charge in [0.15, 0.2) is 0 Å². The Morgan fingerprint density at radius 2 is 2.04 bits per heavy atom. The average Bonchev–Trinajstić information content (AvgIpc) is 2.94. The van der Waals surface area contributed by atoms with Gasteiger partial charge in [0.25, 0.3) is 0 Å². The molecular formula is C17H21ClN2O4. The van der Waals surface area contributed by atoms with Gasteiger partial charge in [-0.15, -0.1) is 0 Å². The Balaban J connectivity index is 2.23. The monoisotopic (exact) mass is 352 g/mol. The Labute approximate surface area is 146 Å². The van der Waals surface area contributed by atoms with Crippen LogP contribution in [0.3, 0.4) is 0 Å². The molecule has 6 nitrogen and oxygen atoms in total. The Hall–Kier alpha value is -2.08. The lowest BCUT2D eigenvalue weighted by molar-refractivity contribution is -0.136. The highest BCUT2D eigenvalue weighted by molar-refractivity contribution is 6.34. The van der Waals surface area contributed by atoms with Gasteiger partial charge in [0.2, 0.25) is 11.8 Å². The second-order valence-electron chi connectivity index (χ2n) is 6.05. The van der Waals surface area contributed by atoms with E-state index in [1.54, 1.807) is 4.90 Å². The molecule has 1 aliphatic rings. The van der Waals surface area contributed by atoms with E-state index in [0.717, 1.165) is 6.42 Å². The van der Waals surface area contributed by atoms with Gasteiger partial charge in [0.1, 0.15) is 6.04 Å². The summed E-state index contributed by atoms with van der Waals surface area (Å²) in [5.74, 6) is -0.894. The molecule has 1 fully saturated rings. The number of benzene rings is 1. The molecule has 2 rings (SSSR count). The molecule has 0 aliphatic carbocycles. The number of hydrogen-bond acceptors (Lipinski definition) is 4. The number of ether oxygens (including phenoxy) is 1. The summed E-state index contributed by atoms with van der Waals surface area (Å²) in [6, 6.07) is 3.94. The molecule has 1 heterocycles. The SMILES string of the molecule is COC(=O)c1ccc(Cl)c(NC(=O)C(C(C)C)N2CCCC2=O)c1. The van der Waals surface area contributed by atoms with E-state index in [0.29, 0.717) is 23.7 Å². The van der Waals surface area contributed by atoms with Crippen LogP contribution in [0.25, 0.3) is 0 Å². The third kappa shape index (κ3) is 3.87. The molecule has 130 valence electrons. The van der Waals surface area contributed by atoms with E-state index in [1.807, 2.05) is 13.8 Å². The quantitative estimate of drug-likeness (QED) is 0.827. The molecule has 1 saturated heterocycles. The smallest absolute Gasteiger partial charge is 0.337 e. The van der Waals surface area contributed by atoms with Crippen LogP contribution in [0.15, 0.2) is 18.2 Å². The Bertz CT molecular complexity index is 660. The third-order valence-corrected chi connectivity index (χ3v) is 4.32. The first-order chi connectivity index (χ1) is 11.3. The van der Waals surface area contributed by atoms with Crippen LogP contribution < -0.4 is 5.32 Å². The number of nitrogens with zero attached hydrogens (tertiary/aromatic N) is 1. The number of rotatable bonds is 5. The van der Waals surface area contributed by atoms with Crippen molar-refractivity contribution in [3.8, 4) is 0 Å². The molecule has 1 unspecified atom stereocenters. The van der Waals surface area contributed by atoms with Crippen molar-refractivity contribution >= 4 is 35.1 Å². The van der Waals surface area contributed by atoms with Crippen molar-refractivity contribution in [3.63, 3.8) is 0 Å². The molecule has 1 aliphatic heterocycles. The van der Waals surface area contributed by atoms with Gasteiger partial charge in [-0.3, -0.25) is 9.59 Å². The maximum atomic E-state index is 12.7. The van der Waals surface area contributed by atoms with Crippen molar-refractivity contribution in [3.05, 3.63) is 28.8 Å². The lowest BCUT2D eigenvalue weighted by Crippen LogP contribution is -2.48. The lowest BCUT2D eigenvalue weighted by Gasteiger charge is -2.30. The molecule has 2 amide bonds. The summed E-state index contributed by atoms with van der Waals surface area (Å²) < 4.78 is 4.67. The Kier molecular flexibility index (Phi) is 5.83. The van der Waals surface area contributed by atoms with Gasteiger partial charge >= 0.3 is 5.97 Å². The van der Waals surface area contributed by atoms with Gasteiger partial charge in [-0.25, -0.2) is 4.79 Å². The third-order valence-electron chi connectivity index (χ3n) is 3.99. The first-order valence-electron chi connectivity index (χ1n) is 7.83. The Morgan fingerprint density at radius 3 is 2.58 bits per heavy atom. The largest absolute Gasteiger partial charge is 0.465 e. The molecule has 0 bridgehead atoms. The molecule has 0 spiro atoms. The minimum atomic E-state index is -0.571. The average molecular weight is 353 g/mol. The fourth-order valence-corrected chi connectivity index (χ4v) is 3.00. The minimum absolute atomic E-state index is 0.0155. The fraction of sp³-hybridized carbons (Fsp3) is 0.471. The van der Waals surface area contributed by atoms with Crippen molar-refractivity contribution in [2.45, 2.75) is 32.7 Å². The van der Waals surface area contributed by atoms with Crippen LogP contribution >= 0.6 is 11.6 Å². The van der Waals surface area contributed by atoms with E-state index in [1.165, 1.54) is 25.3 Å². The highest BCUT2D eigenvalue weighted by Crippen LogP contribution is 2.26. The van der Waals surface area contributed by atoms with Crippen molar-refractivity contribution in [2.24, 2.45) is 5.92 Å². The van der Waals surface area contributed by atoms with E-state index in [4.69, 9.17) is 11.6 Å². The van der Waals surface area contributed by atoms with Gasteiger partial charge in [0.05, 0.1) is 23.4 Å². The van der Waals surface area contributed by atoms with Crippen LogP contribution in [0.2, 0.25) is 5.02 Å². The summed E-state index contributed by atoms with van der Waals surface area (Å²) in [5, 5.41) is 3.05. The molecule has 7 heteroatoms. The lowest BCUT2D eigenvalue weighted by atomic mass is 10.0. The van der Waals surface area contributed by atoms with Crippen molar-refractivity contribution in [1.82, 2.24) is 4.90 Å². The van der Waals surface area contributed by atoms with Crippen molar-refractivity contribution in [1.29, 1.82) is 0 Å². The number of methoxy groups -OCH3 is 1. The number of esters is 1. The zero-order chi connectivity index (χ0) is 17.9. The number of hydrogen-bond donors (Lipinski definition) is 1. The van der Waals surface area contributed by atoms with Crippen molar-refractivity contribution < 1.29 is 19.1 Å². The van der Waals surface area contributed by atoms with Crippen LogP contribution in [-0.2, 0) is 14.3 Å². The molecule has 1 N–H and O–H groups in total. The molecule has 0 aromatic heterocycles. The fourth-order valence-electron chi connectivity index (χ4n) is 2.84. The number of carbonyl (C=O) groups is 3. The second-order valence-corrected chi connectivity index (χ2v) is 6.46.